The zero-order valence-electron chi connectivity index (χ0n) is 18.2. The van der Waals surface area contributed by atoms with Gasteiger partial charge >= 0.3 is 5.69 Å². The van der Waals surface area contributed by atoms with E-state index in [0.29, 0.717) is 0 Å². The first kappa shape index (κ1) is 20.2. The molecule has 0 amide bonds. The highest BCUT2D eigenvalue weighted by Gasteiger charge is 2.30. The van der Waals surface area contributed by atoms with E-state index in [4.69, 9.17) is 5.10 Å². The molecule has 4 nitrogen and oxygen atoms in total. The molecule has 0 bridgehead atoms. The number of hydrogen-bond acceptors (Lipinski definition) is 2. The maximum absolute atomic E-state index is 13.2. The van der Waals surface area contributed by atoms with E-state index in [1.165, 1.54) is 15.8 Å². The quantitative estimate of drug-likeness (QED) is 0.609. The van der Waals surface area contributed by atoms with E-state index >= 15 is 0 Å². The van der Waals surface area contributed by atoms with Crippen LogP contribution in [-0.4, -0.2) is 9.78 Å². The lowest BCUT2D eigenvalue weighted by molar-refractivity contribution is -0.665. The fraction of sp³-hybridized carbons (Fsp3) is 0.458. The molecular formula is C24H32N3O+. The maximum Gasteiger partial charge on any atom is 0.524 e. The molecule has 0 spiro atoms. The second-order valence-corrected chi connectivity index (χ2v) is 8.96. The fourth-order valence-corrected chi connectivity index (χ4v) is 3.47. The van der Waals surface area contributed by atoms with Gasteiger partial charge in [-0.05, 0) is 47.4 Å². The van der Waals surface area contributed by atoms with Crippen molar-refractivity contribution in [3.05, 3.63) is 64.1 Å². The summed E-state index contributed by atoms with van der Waals surface area (Å²) in [4.78, 5) is 13.2. The number of nitrogens with zero attached hydrogens (tertiary/aromatic N) is 3. The van der Waals surface area contributed by atoms with Crippen molar-refractivity contribution in [3.63, 3.8) is 0 Å². The second-order valence-electron chi connectivity index (χ2n) is 8.96. The first-order valence-corrected chi connectivity index (χ1v) is 10.2. The lowest BCUT2D eigenvalue weighted by Crippen LogP contribution is -2.53. The Morgan fingerprint density at radius 3 is 2.14 bits per heavy atom. The molecule has 0 radical (unpaired) electrons. The monoisotopic (exact) mass is 378 g/mol. The van der Waals surface area contributed by atoms with Crippen LogP contribution in [0.25, 0.3) is 16.7 Å². The molecule has 0 N–H and O–H groups in total. The Morgan fingerprint density at radius 1 is 0.964 bits per heavy atom. The Bertz CT molecular complexity index is 1060. The molecule has 0 saturated heterocycles. The smallest absolute Gasteiger partial charge is 0.194 e. The van der Waals surface area contributed by atoms with Crippen molar-refractivity contribution in [2.75, 3.05) is 0 Å². The molecule has 4 heteroatoms. The molecule has 28 heavy (non-hydrogen) atoms. The SMILES string of the molecule is CCC(C)(C)c1cc(C(C)(C)CC)c2c(c1)nn(-c1ccccc1)c(=O)[n+]2C. The molecule has 2 aromatic carbocycles. The van der Waals surface area contributed by atoms with Crippen LogP contribution in [0.3, 0.4) is 0 Å². The Hall–Kier alpha value is -2.49. The van der Waals surface area contributed by atoms with E-state index in [2.05, 4.69) is 53.7 Å². The van der Waals surface area contributed by atoms with Crippen LogP contribution in [0, 0.1) is 0 Å². The van der Waals surface area contributed by atoms with Crippen molar-refractivity contribution in [3.8, 4) is 5.69 Å². The van der Waals surface area contributed by atoms with Crippen LogP contribution in [0.5, 0.6) is 0 Å². The summed E-state index contributed by atoms with van der Waals surface area (Å²) in [6.07, 6.45) is 2.02. The van der Waals surface area contributed by atoms with Crippen molar-refractivity contribution in [1.82, 2.24) is 9.78 Å². The van der Waals surface area contributed by atoms with Gasteiger partial charge < -0.3 is 0 Å². The average molecular weight is 379 g/mol. The number of rotatable bonds is 5. The predicted octanol–water partition coefficient (Wildman–Crippen LogP) is 4.59. The summed E-state index contributed by atoms with van der Waals surface area (Å²) < 4.78 is 3.26. The van der Waals surface area contributed by atoms with E-state index in [0.717, 1.165) is 29.6 Å². The topological polar surface area (TPSA) is 38.8 Å². The van der Waals surface area contributed by atoms with Gasteiger partial charge in [0.15, 0.2) is 16.7 Å². The highest BCUT2D eigenvalue weighted by molar-refractivity contribution is 5.77. The Kier molecular flexibility index (Phi) is 5.18. The summed E-state index contributed by atoms with van der Waals surface area (Å²) in [5, 5.41) is 4.81. The van der Waals surface area contributed by atoms with E-state index in [1.54, 1.807) is 4.57 Å². The summed E-state index contributed by atoms with van der Waals surface area (Å²) in [5.41, 5.74) is 4.89. The lowest BCUT2D eigenvalue weighted by Gasteiger charge is -2.29. The minimum atomic E-state index is -0.130. The molecule has 0 unspecified atom stereocenters. The molecule has 0 aliphatic carbocycles. The molecular weight excluding hydrogens is 346 g/mol. The van der Waals surface area contributed by atoms with E-state index in [1.807, 2.05) is 37.4 Å². The molecule has 0 saturated carbocycles. The Balaban J connectivity index is 2.45. The van der Waals surface area contributed by atoms with Crippen molar-refractivity contribution >= 4 is 11.0 Å². The highest BCUT2D eigenvalue weighted by Crippen LogP contribution is 2.36. The summed E-state index contributed by atoms with van der Waals surface area (Å²) in [7, 11) is 1.85. The van der Waals surface area contributed by atoms with Crippen LogP contribution < -0.4 is 10.3 Å². The second kappa shape index (κ2) is 7.16. The van der Waals surface area contributed by atoms with Gasteiger partial charge in [0.05, 0.1) is 7.05 Å². The van der Waals surface area contributed by atoms with Crippen molar-refractivity contribution in [1.29, 1.82) is 0 Å². The summed E-state index contributed by atoms with van der Waals surface area (Å²) >= 11 is 0. The van der Waals surface area contributed by atoms with Gasteiger partial charge in [-0.15, -0.1) is 0 Å². The Labute approximate surface area is 167 Å². The third-order valence-corrected chi connectivity index (χ3v) is 6.38. The first-order valence-electron chi connectivity index (χ1n) is 10.2. The molecule has 0 aliphatic heterocycles. The van der Waals surface area contributed by atoms with E-state index in [9.17, 15) is 4.79 Å². The zero-order valence-corrected chi connectivity index (χ0v) is 18.2. The van der Waals surface area contributed by atoms with Crippen LogP contribution in [0.15, 0.2) is 47.3 Å². The molecule has 3 aromatic rings. The van der Waals surface area contributed by atoms with E-state index in [-0.39, 0.29) is 16.5 Å². The standard InChI is InChI=1S/C24H32N3O/c1-8-23(3,4)17-15-19(24(5,6)9-2)21-20(16-17)25-27(22(28)26(21)7)18-13-11-10-12-14-18/h10-16H,8-9H2,1-7H3/q+1. The third kappa shape index (κ3) is 3.36. The molecule has 1 aromatic heterocycles. The molecule has 148 valence electrons. The van der Waals surface area contributed by atoms with Crippen LogP contribution in [0.1, 0.15) is 65.5 Å². The average Bonchev–Trinajstić information content (AvgIpc) is 2.70. The molecule has 0 atom stereocenters. The van der Waals surface area contributed by atoms with Crippen molar-refractivity contribution in [2.45, 2.75) is 65.2 Å². The van der Waals surface area contributed by atoms with Gasteiger partial charge in [-0.25, -0.2) is 0 Å². The molecule has 0 aliphatic rings. The van der Waals surface area contributed by atoms with Gasteiger partial charge in [-0.2, -0.15) is 9.36 Å². The van der Waals surface area contributed by atoms with E-state index < -0.39 is 0 Å². The van der Waals surface area contributed by atoms with Crippen LogP contribution in [-0.2, 0) is 17.9 Å². The largest absolute Gasteiger partial charge is 0.524 e. The minimum Gasteiger partial charge on any atom is -0.194 e. The first-order chi connectivity index (χ1) is 13.1. The normalized spacial score (nSPS) is 12.5. The third-order valence-electron chi connectivity index (χ3n) is 6.38. The number of aromatic nitrogens is 3. The molecule has 1 heterocycles. The molecule has 3 rings (SSSR count). The number of aryl methyl sites for hydroxylation is 1. The predicted molar refractivity (Wildman–Crippen MR) is 115 cm³/mol. The highest BCUT2D eigenvalue weighted by atomic mass is 16.2. The van der Waals surface area contributed by atoms with Crippen LogP contribution in [0.4, 0.5) is 0 Å². The van der Waals surface area contributed by atoms with Gasteiger partial charge in [-0.3, -0.25) is 0 Å². The van der Waals surface area contributed by atoms with Crippen LogP contribution in [0.2, 0.25) is 0 Å². The van der Waals surface area contributed by atoms with Gasteiger partial charge in [0.25, 0.3) is 0 Å². The zero-order chi connectivity index (χ0) is 20.7. The maximum atomic E-state index is 13.2. The van der Waals surface area contributed by atoms with Gasteiger partial charge in [0, 0.05) is 5.56 Å². The summed E-state index contributed by atoms with van der Waals surface area (Å²) in [6.45, 7) is 13.4. The number of para-hydroxylation sites is 1. The van der Waals surface area contributed by atoms with Gasteiger partial charge in [0.1, 0.15) is 0 Å². The Morgan fingerprint density at radius 2 is 1.57 bits per heavy atom. The van der Waals surface area contributed by atoms with Crippen molar-refractivity contribution < 1.29 is 4.57 Å². The summed E-state index contributed by atoms with van der Waals surface area (Å²) in [5.74, 6) is 0. The van der Waals surface area contributed by atoms with Gasteiger partial charge in [0.2, 0.25) is 0 Å². The lowest BCUT2D eigenvalue weighted by atomic mass is 9.76. The van der Waals surface area contributed by atoms with Crippen LogP contribution >= 0.6 is 0 Å². The number of fused-ring (bicyclic) bond motifs is 1. The minimum absolute atomic E-state index is 0.0424. The van der Waals surface area contributed by atoms with Gasteiger partial charge in [-0.1, -0.05) is 75.6 Å². The summed E-state index contributed by atoms with van der Waals surface area (Å²) in [6, 6.07) is 14.1. The molecule has 0 fully saturated rings. The number of hydrogen-bond donors (Lipinski definition) is 0. The number of benzene rings is 2. The fourth-order valence-electron chi connectivity index (χ4n) is 3.47. The van der Waals surface area contributed by atoms with Crippen molar-refractivity contribution in [2.24, 2.45) is 7.05 Å².